The summed E-state index contributed by atoms with van der Waals surface area (Å²) in [4.78, 5) is 2.47. The molecule has 0 fully saturated rings. The van der Waals surface area contributed by atoms with Gasteiger partial charge in [0.05, 0.1) is 5.49 Å². The first-order valence-corrected chi connectivity index (χ1v) is 11.1. The maximum absolute atomic E-state index is 4.94. The second-order valence-corrected chi connectivity index (χ2v) is 8.22. The molecular weight excluding hydrogens is 396 g/mol. The van der Waals surface area contributed by atoms with Gasteiger partial charge in [-0.3, -0.25) is 0 Å². The monoisotopic (exact) mass is 420 g/mol. The average Bonchev–Trinajstić information content (AvgIpc) is 3.17. The summed E-state index contributed by atoms with van der Waals surface area (Å²) in [5.74, 6) is 0. The lowest BCUT2D eigenvalue weighted by Gasteiger charge is -2.26. The third-order valence-corrected chi connectivity index (χ3v) is 6.01. The molecule has 1 aliphatic rings. The largest absolute Gasteiger partial charge is 0.363 e. The number of hydrogen-bond acceptors (Lipinski definition) is 2. The van der Waals surface area contributed by atoms with E-state index in [-0.39, 0.29) is 0 Å². The van der Waals surface area contributed by atoms with E-state index in [4.69, 9.17) is 12.2 Å². The summed E-state index contributed by atoms with van der Waals surface area (Å²) < 4.78 is 0. The van der Waals surface area contributed by atoms with Crippen LogP contribution in [0.5, 0.6) is 0 Å². The number of fused-ring (bicyclic) bond motifs is 3. The molecule has 5 rings (SSSR count). The van der Waals surface area contributed by atoms with Gasteiger partial charge in [-0.05, 0) is 64.1 Å². The van der Waals surface area contributed by atoms with Crippen molar-refractivity contribution >= 4 is 29.1 Å². The zero-order valence-corrected chi connectivity index (χ0v) is 18.1. The minimum Gasteiger partial charge on any atom is -0.363 e. The molecule has 0 aliphatic heterocycles. The number of thiocarbonyl (C=S) groups is 1. The molecule has 4 aromatic carbocycles. The van der Waals surface area contributed by atoms with Crippen LogP contribution >= 0.6 is 12.2 Å². The Balaban J connectivity index is 1.47. The summed E-state index contributed by atoms with van der Waals surface area (Å²) in [6, 6.07) is 34.8. The van der Waals surface area contributed by atoms with Crippen molar-refractivity contribution in [2.45, 2.75) is 19.5 Å². The van der Waals surface area contributed by atoms with Crippen LogP contribution in [0.2, 0.25) is 0 Å². The third-order valence-electron chi connectivity index (χ3n) is 5.89. The second-order valence-electron chi connectivity index (χ2n) is 7.98. The van der Waals surface area contributed by atoms with Crippen LogP contribution in [0.15, 0.2) is 97.1 Å². The Labute approximate surface area is 189 Å². The average molecular weight is 421 g/mol. The fraction of sp³-hybridized carbons (Fsp3) is 0.107. The van der Waals surface area contributed by atoms with Gasteiger partial charge in [0.25, 0.3) is 0 Å². The standard InChI is InChI=1S/C28H24N2S/c31-20-29-25-11-13-27-23(16-25)15-24-17-26(12-14-28(24)27)30(18-21-7-3-1-4-8-21)19-22-9-5-2-6-10-22/h1-14,16-17,20H,15,18-19H2,(H,29,31). The molecule has 3 heteroatoms. The van der Waals surface area contributed by atoms with Crippen molar-refractivity contribution in [2.75, 3.05) is 10.2 Å². The van der Waals surface area contributed by atoms with Crippen molar-refractivity contribution in [1.29, 1.82) is 0 Å². The lowest BCUT2D eigenvalue weighted by Crippen LogP contribution is -2.22. The van der Waals surface area contributed by atoms with E-state index in [1.807, 2.05) is 0 Å². The van der Waals surface area contributed by atoms with Crippen LogP contribution in [0.1, 0.15) is 22.3 Å². The first-order chi connectivity index (χ1) is 15.3. The SMILES string of the molecule is S=CNc1ccc2c(c1)Cc1cc(N(Cc3ccccc3)Cc3ccccc3)ccc1-2. The van der Waals surface area contributed by atoms with Crippen molar-refractivity contribution in [1.82, 2.24) is 0 Å². The van der Waals surface area contributed by atoms with Crippen LogP contribution in [-0.2, 0) is 19.5 Å². The molecule has 1 N–H and O–H groups in total. The number of anilines is 2. The Morgan fingerprint density at radius 2 is 1.29 bits per heavy atom. The van der Waals surface area contributed by atoms with Crippen molar-refractivity contribution in [3.8, 4) is 11.1 Å². The van der Waals surface area contributed by atoms with Gasteiger partial charge in [-0.2, -0.15) is 0 Å². The summed E-state index contributed by atoms with van der Waals surface area (Å²) in [6.07, 6.45) is 0.954. The van der Waals surface area contributed by atoms with E-state index in [0.29, 0.717) is 0 Å². The van der Waals surface area contributed by atoms with Crippen LogP contribution in [0.4, 0.5) is 11.4 Å². The van der Waals surface area contributed by atoms with Gasteiger partial charge in [0, 0.05) is 24.5 Å². The summed E-state index contributed by atoms with van der Waals surface area (Å²) in [5.41, 5.74) is 11.9. The zero-order valence-electron chi connectivity index (χ0n) is 17.3. The molecule has 4 aromatic rings. The van der Waals surface area contributed by atoms with Gasteiger partial charge in [0.15, 0.2) is 0 Å². The van der Waals surface area contributed by atoms with Crippen LogP contribution in [0.25, 0.3) is 11.1 Å². The fourth-order valence-corrected chi connectivity index (χ4v) is 4.53. The molecule has 0 saturated heterocycles. The van der Waals surface area contributed by atoms with Crippen LogP contribution in [0, 0.1) is 0 Å². The third kappa shape index (κ3) is 4.23. The summed E-state index contributed by atoms with van der Waals surface area (Å²) >= 11 is 4.94. The van der Waals surface area contributed by atoms with Gasteiger partial charge < -0.3 is 10.2 Å². The van der Waals surface area contributed by atoms with Crippen molar-refractivity contribution in [3.63, 3.8) is 0 Å². The summed E-state index contributed by atoms with van der Waals surface area (Å²) in [6.45, 7) is 1.76. The summed E-state index contributed by atoms with van der Waals surface area (Å²) in [7, 11) is 0. The quantitative estimate of drug-likeness (QED) is 0.290. The lowest BCUT2D eigenvalue weighted by molar-refractivity contribution is 0.799. The van der Waals surface area contributed by atoms with E-state index >= 15 is 0 Å². The topological polar surface area (TPSA) is 15.3 Å². The Kier molecular flexibility index (Phi) is 5.51. The molecule has 0 bridgehead atoms. The van der Waals surface area contributed by atoms with Crippen LogP contribution in [-0.4, -0.2) is 5.49 Å². The molecule has 0 unspecified atom stereocenters. The Bertz CT molecular complexity index is 1160. The van der Waals surface area contributed by atoms with E-state index in [9.17, 15) is 0 Å². The first kappa shape index (κ1) is 19.5. The number of nitrogens with one attached hydrogen (secondary N) is 1. The van der Waals surface area contributed by atoms with E-state index in [2.05, 4.69) is 107 Å². The molecular formula is C28H24N2S. The molecule has 2 nitrogen and oxygen atoms in total. The predicted octanol–water partition coefficient (Wildman–Crippen LogP) is 6.83. The van der Waals surface area contributed by atoms with Gasteiger partial charge in [-0.15, -0.1) is 0 Å². The molecule has 1 aliphatic carbocycles. The van der Waals surface area contributed by atoms with Gasteiger partial charge in [-0.25, -0.2) is 0 Å². The molecule has 0 heterocycles. The number of hydrogen-bond donors (Lipinski definition) is 1. The Hall–Kier alpha value is -3.43. The van der Waals surface area contributed by atoms with E-state index in [0.717, 1.165) is 25.2 Å². The molecule has 0 aromatic heterocycles. The van der Waals surface area contributed by atoms with Gasteiger partial charge >= 0.3 is 0 Å². The van der Waals surface area contributed by atoms with Crippen LogP contribution in [0.3, 0.4) is 0 Å². The normalized spacial score (nSPS) is 11.5. The molecule has 31 heavy (non-hydrogen) atoms. The molecule has 0 spiro atoms. The zero-order chi connectivity index (χ0) is 21.0. The summed E-state index contributed by atoms with van der Waals surface area (Å²) in [5, 5.41) is 3.13. The maximum Gasteiger partial charge on any atom is 0.0658 e. The lowest BCUT2D eigenvalue weighted by atomic mass is 10.0. The Morgan fingerprint density at radius 1 is 0.710 bits per heavy atom. The van der Waals surface area contributed by atoms with Gasteiger partial charge in [-0.1, -0.05) is 85.0 Å². The van der Waals surface area contributed by atoms with Crippen molar-refractivity contribution < 1.29 is 0 Å². The number of benzene rings is 4. The van der Waals surface area contributed by atoms with Gasteiger partial charge in [0.2, 0.25) is 0 Å². The van der Waals surface area contributed by atoms with Crippen LogP contribution < -0.4 is 10.2 Å². The highest BCUT2D eigenvalue weighted by Gasteiger charge is 2.20. The molecule has 0 amide bonds. The second kappa shape index (κ2) is 8.75. The van der Waals surface area contributed by atoms with E-state index in [1.54, 1.807) is 5.49 Å². The van der Waals surface area contributed by atoms with Crippen molar-refractivity contribution in [3.05, 3.63) is 119 Å². The Morgan fingerprint density at radius 3 is 1.90 bits per heavy atom. The minimum atomic E-state index is 0.879. The van der Waals surface area contributed by atoms with E-state index < -0.39 is 0 Å². The van der Waals surface area contributed by atoms with E-state index in [1.165, 1.54) is 39.1 Å². The smallest absolute Gasteiger partial charge is 0.0658 e. The van der Waals surface area contributed by atoms with Gasteiger partial charge in [0.1, 0.15) is 0 Å². The highest BCUT2D eigenvalue weighted by Crippen LogP contribution is 2.40. The highest BCUT2D eigenvalue weighted by atomic mass is 32.1. The van der Waals surface area contributed by atoms with Crippen molar-refractivity contribution in [2.24, 2.45) is 0 Å². The molecule has 152 valence electrons. The minimum absolute atomic E-state index is 0.879. The fourth-order valence-electron chi connectivity index (χ4n) is 4.40. The number of nitrogens with zero attached hydrogens (tertiary/aromatic N) is 1. The number of rotatable bonds is 7. The highest BCUT2D eigenvalue weighted by molar-refractivity contribution is 7.79. The molecule has 0 radical (unpaired) electrons. The predicted molar refractivity (Wildman–Crippen MR) is 135 cm³/mol. The molecule has 0 saturated carbocycles. The molecule has 0 atom stereocenters. The maximum atomic E-state index is 4.94. The first-order valence-electron chi connectivity index (χ1n) is 10.6.